The lowest BCUT2D eigenvalue weighted by atomic mass is 10.0. The molecule has 1 unspecified atom stereocenters. The molecule has 0 bridgehead atoms. The van der Waals surface area contributed by atoms with E-state index in [9.17, 15) is 9.59 Å². The van der Waals surface area contributed by atoms with Gasteiger partial charge in [-0.2, -0.15) is 0 Å². The van der Waals surface area contributed by atoms with E-state index in [0.29, 0.717) is 19.1 Å². The molecule has 2 heterocycles. The zero-order chi connectivity index (χ0) is 13.0. The van der Waals surface area contributed by atoms with Crippen LogP contribution in [-0.4, -0.2) is 30.6 Å². The van der Waals surface area contributed by atoms with Crippen molar-refractivity contribution >= 4 is 5.91 Å². The highest BCUT2D eigenvalue weighted by atomic mass is 16.5. The molecule has 5 nitrogen and oxygen atoms in total. The number of rotatable bonds is 3. The quantitative estimate of drug-likeness (QED) is 0.835. The third kappa shape index (κ3) is 3.20. The third-order valence-corrected chi connectivity index (χ3v) is 3.11. The van der Waals surface area contributed by atoms with Gasteiger partial charge < -0.3 is 15.0 Å². The number of hydrogen-bond acceptors (Lipinski definition) is 3. The fourth-order valence-electron chi connectivity index (χ4n) is 2.05. The van der Waals surface area contributed by atoms with Crippen LogP contribution >= 0.6 is 0 Å². The molecule has 1 aromatic rings. The Balaban J connectivity index is 1.93. The SMILES string of the molecule is Cc1cc(=O)c(C(=O)NCC2CCCOC2)c[nH]1. The summed E-state index contributed by atoms with van der Waals surface area (Å²) in [7, 11) is 0. The van der Waals surface area contributed by atoms with Crippen molar-refractivity contribution < 1.29 is 9.53 Å². The highest BCUT2D eigenvalue weighted by Gasteiger charge is 2.16. The van der Waals surface area contributed by atoms with Crippen molar-refractivity contribution in [1.82, 2.24) is 10.3 Å². The predicted molar refractivity (Wildman–Crippen MR) is 67.7 cm³/mol. The summed E-state index contributed by atoms with van der Waals surface area (Å²) in [5, 5.41) is 2.79. The Morgan fingerprint density at radius 2 is 2.44 bits per heavy atom. The average Bonchev–Trinajstić information content (AvgIpc) is 2.37. The fourth-order valence-corrected chi connectivity index (χ4v) is 2.05. The largest absolute Gasteiger partial charge is 0.381 e. The van der Waals surface area contributed by atoms with Gasteiger partial charge >= 0.3 is 0 Å². The Labute approximate surface area is 106 Å². The van der Waals surface area contributed by atoms with Crippen molar-refractivity contribution in [1.29, 1.82) is 0 Å². The van der Waals surface area contributed by atoms with Crippen molar-refractivity contribution in [2.24, 2.45) is 5.92 Å². The normalized spacial score (nSPS) is 19.5. The maximum atomic E-state index is 11.8. The van der Waals surface area contributed by atoms with Crippen molar-refractivity contribution in [2.75, 3.05) is 19.8 Å². The number of nitrogens with one attached hydrogen (secondary N) is 2. The standard InChI is InChI=1S/C13H18N2O3/c1-9-5-12(16)11(7-14-9)13(17)15-6-10-3-2-4-18-8-10/h5,7,10H,2-4,6,8H2,1H3,(H,14,16)(H,15,17). The first-order valence-corrected chi connectivity index (χ1v) is 6.22. The second-order valence-electron chi connectivity index (χ2n) is 4.69. The summed E-state index contributed by atoms with van der Waals surface area (Å²) < 4.78 is 5.34. The monoisotopic (exact) mass is 250 g/mol. The first kappa shape index (κ1) is 12.8. The lowest BCUT2D eigenvalue weighted by molar-refractivity contribution is 0.0536. The van der Waals surface area contributed by atoms with E-state index < -0.39 is 0 Å². The molecule has 98 valence electrons. The van der Waals surface area contributed by atoms with E-state index in [-0.39, 0.29) is 16.9 Å². The minimum atomic E-state index is -0.318. The van der Waals surface area contributed by atoms with Crippen LogP contribution in [0.1, 0.15) is 28.9 Å². The average molecular weight is 250 g/mol. The Hall–Kier alpha value is -1.62. The van der Waals surface area contributed by atoms with Crippen LogP contribution in [0.15, 0.2) is 17.1 Å². The van der Waals surface area contributed by atoms with Crippen LogP contribution in [0.4, 0.5) is 0 Å². The van der Waals surface area contributed by atoms with Crippen molar-refractivity contribution in [3.8, 4) is 0 Å². The summed E-state index contributed by atoms with van der Waals surface area (Å²) in [6.07, 6.45) is 3.56. The maximum absolute atomic E-state index is 11.8. The van der Waals surface area contributed by atoms with E-state index in [1.165, 1.54) is 12.3 Å². The molecule has 0 saturated carbocycles. The lowest BCUT2D eigenvalue weighted by Gasteiger charge is -2.22. The van der Waals surface area contributed by atoms with Gasteiger partial charge in [-0.3, -0.25) is 9.59 Å². The smallest absolute Gasteiger partial charge is 0.256 e. The molecule has 1 atom stereocenters. The van der Waals surface area contributed by atoms with Gasteiger partial charge in [0, 0.05) is 31.1 Å². The van der Waals surface area contributed by atoms with Gasteiger partial charge in [-0.15, -0.1) is 0 Å². The molecule has 2 rings (SSSR count). The van der Waals surface area contributed by atoms with E-state index in [1.807, 2.05) is 0 Å². The number of hydrogen-bond donors (Lipinski definition) is 2. The van der Waals surface area contributed by atoms with Crippen LogP contribution in [0.3, 0.4) is 0 Å². The van der Waals surface area contributed by atoms with Gasteiger partial charge in [0.05, 0.1) is 6.61 Å². The van der Waals surface area contributed by atoms with Crippen LogP contribution in [0, 0.1) is 12.8 Å². The van der Waals surface area contributed by atoms with Crippen molar-refractivity contribution in [3.05, 3.63) is 33.7 Å². The minimum absolute atomic E-state index is 0.164. The maximum Gasteiger partial charge on any atom is 0.256 e. The summed E-state index contributed by atoms with van der Waals surface area (Å²) in [4.78, 5) is 26.3. The lowest BCUT2D eigenvalue weighted by Crippen LogP contribution is -2.35. The molecule has 1 aromatic heterocycles. The molecule has 0 spiro atoms. The van der Waals surface area contributed by atoms with Crippen molar-refractivity contribution in [3.63, 3.8) is 0 Å². The molecule has 0 aromatic carbocycles. The Morgan fingerprint density at radius 1 is 1.61 bits per heavy atom. The van der Waals surface area contributed by atoms with Gasteiger partial charge in [-0.05, 0) is 25.7 Å². The van der Waals surface area contributed by atoms with Gasteiger partial charge in [-0.1, -0.05) is 0 Å². The van der Waals surface area contributed by atoms with E-state index in [1.54, 1.807) is 6.92 Å². The zero-order valence-corrected chi connectivity index (χ0v) is 10.5. The second kappa shape index (κ2) is 5.82. The minimum Gasteiger partial charge on any atom is -0.381 e. The topological polar surface area (TPSA) is 71.2 Å². The molecular formula is C13H18N2O3. The predicted octanol–water partition coefficient (Wildman–Crippen LogP) is 0.840. The fraction of sp³-hybridized carbons (Fsp3) is 0.538. The number of carbonyl (C=O) groups is 1. The molecule has 1 amide bonds. The number of pyridine rings is 1. The molecule has 18 heavy (non-hydrogen) atoms. The van der Waals surface area contributed by atoms with Crippen LogP contribution in [0.5, 0.6) is 0 Å². The van der Waals surface area contributed by atoms with Crippen LogP contribution < -0.4 is 10.7 Å². The van der Waals surface area contributed by atoms with E-state index in [2.05, 4.69) is 10.3 Å². The van der Waals surface area contributed by atoms with E-state index in [0.717, 1.165) is 25.1 Å². The van der Waals surface area contributed by atoms with Gasteiger partial charge in [0.1, 0.15) is 5.56 Å². The highest BCUT2D eigenvalue weighted by Crippen LogP contribution is 2.12. The first-order valence-electron chi connectivity index (χ1n) is 6.22. The van der Waals surface area contributed by atoms with Gasteiger partial charge in [0.2, 0.25) is 0 Å². The second-order valence-corrected chi connectivity index (χ2v) is 4.69. The Kier molecular flexibility index (Phi) is 4.15. The van der Waals surface area contributed by atoms with Gasteiger partial charge in [0.25, 0.3) is 5.91 Å². The summed E-state index contributed by atoms with van der Waals surface area (Å²) in [6.45, 7) is 3.83. The molecule has 1 aliphatic rings. The summed E-state index contributed by atoms with van der Waals surface area (Å²) in [5.41, 5.74) is 0.665. The van der Waals surface area contributed by atoms with Crippen LogP contribution in [0.2, 0.25) is 0 Å². The third-order valence-electron chi connectivity index (χ3n) is 3.11. The molecule has 5 heteroatoms. The summed E-state index contributed by atoms with van der Waals surface area (Å²) in [5.74, 6) is 0.0362. The number of aromatic amines is 1. The van der Waals surface area contributed by atoms with Crippen LogP contribution in [-0.2, 0) is 4.74 Å². The van der Waals surface area contributed by atoms with Gasteiger partial charge in [0.15, 0.2) is 5.43 Å². The molecule has 2 N–H and O–H groups in total. The van der Waals surface area contributed by atoms with Crippen molar-refractivity contribution in [2.45, 2.75) is 19.8 Å². The Bertz CT molecular complexity index is 475. The summed E-state index contributed by atoms with van der Waals surface area (Å²) in [6, 6.07) is 1.43. The number of aromatic nitrogens is 1. The number of aryl methyl sites for hydroxylation is 1. The molecule has 1 saturated heterocycles. The van der Waals surface area contributed by atoms with Gasteiger partial charge in [-0.25, -0.2) is 0 Å². The Morgan fingerprint density at radius 3 is 3.11 bits per heavy atom. The van der Waals surface area contributed by atoms with E-state index in [4.69, 9.17) is 4.74 Å². The molecule has 0 aliphatic carbocycles. The molecule has 1 fully saturated rings. The molecular weight excluding hydrogens is 232 g/mol. The number of H-pyrrole nitrogens is 1. The van der Waals surface area contributed by atoms with E-state index >= 15 is 0 Å². The number of ether oxygens (including phenoxy) is 1. The first-order chi connectivity index (χ1) is 8.66. The molecule has 1 aliphatic heterocycles. The number of amides is 1. The summed E-state index contributed by atoms with van der Waals surface area (Å²) >= 11 is 0. The van der Waals surface area contributed by atoms with Crippen LogP contribution in [0.25, 0.3) is 0 Å². The highest BCUT2D eigenvalue weighted by molar-refractivity contribution is 5.93. The zero-order valence-electron chi connectivity index (χ0n) is 10.5. The molecule has 0 radical (unpaired) electrons. The number of carbonyl (C=O) groups excluding carboxylic acids is 1.